The molecule has 0 radical (unpaired) electrons. The Bertz CT molecular complexity index is 456. The fourth-order valence-corrected chi connectivity index (χ4v) is 1.31. The van der Waals surface area contributed by atoms with E-state index in [1.807, 2.05) is 18.2 Å². The lowest BCUT2D eigenvalue weighted by Crippen LogP contribution is -2.25. The van der Waals surface area contributed by atoms with Crippen LogP contribution >= 0.6 is 0 Å². The van der Waals surface area contributed by atoms with Gasteiger partial charge in [-0.2, -0.15) is 5.10 Å². The van der Waals surface area contributed by atoms with E-state index in [0.717, 1.165) is 0 Å². The zero-order valence-electron chi connectivity index (χ0n) is 8.97. The smallest absolute Gasteiger partial charge is 0.339 e. The molecule has 0 unspecified atom stereocenters. The number of urea groups is 1. The molecule has 1 fully saturated rings. The fraction of sp³-hybridized carbons (Fsp3) is 0.182. The van der Waals surface area contributed by atoms with Crippen molar-refractivity contribution < 1.29 is 14.3 Å². The van der Waals surface area contributed by atoms with Gasteiger partial charge >= 0.3 is 12.0 Å². The highest BCUT2D eigenvalue weighted by molar-refractivity contribution is 6.05. The number of hydrogen-bond acceptors (Lipinski definition) is 4. The second kappa shape index (κ2) is 5.11. The lowest BCUT2D eigenvalue weighted by Gasteiger charge is -2.03. The molecular weight excluding hydrogens is 222 g/mol. The molecule has 1 aromatic rings. The highest BCUT2D eigenvalue weighted by Crippen LogP contribution is 2.04. The zero-order valence-corrected chi connectivity index (χ0v) is 8.97. The molecule has 6 nitrogen and oxygen atoms in total. The molecular formula is C11H11N3O3. The van der Waals surface area contributed by atoms with Gasteiger partial charge < -0.3 is 10.1 Å². The summed E-state index contributed by atoms with van der Waals surface area (Å²) >= 11 is 0. The van der Waals surface area contributed by atoms with Crippen LogP contribution in [0.5, 0.6) is 0 Å². The van der Waals surface area contributed by atoms with Crippen LogP contribution in [-0.4, -0.2) is 24.3 Å². The first-order valence-electron chi connectivity index (χ1n) is 5.07. The van der Waals surface area contributed by atoms with E-state index < -0.39 is 6.03 Å². The van der Waals surface area contributed by atoms with Crippen LogP contribution in [0.25, 0.3) is 0 Å². The Morgan fingerprint density at radius 1 is 1.29 bits per heavy atom. The first-order valence-corrected chi connectivity index (χ1v) is 5.07. The third-order valence-electron chi connectivity index (χ3n) is 2.10. The summed E-state index contributed by atoms with van der Waals surface area (Å²) in [7, 11) is 0. The molecule has 88 valence electrons. The van der Waals surface area contributed by atoms with Gasteiger partial charge in [-0.3, -0.25) is 4.79 Å². The van der Waals surface area contributed by atoms with E-state index >= 15 is 0 Å². The molecule has 1 aromatic carbocycles. The number of cyclic esters (lactones) is 1. The number of nitrogens with zero attached hydrogens (tertiary/aromatic N) is 1. The average Bonchev–Trinajstić information content (AvgIpc) is 2.74. The van der Waals surface area contributed by atoms with Crippen molar-refractivity contribution in [3.63, 3.8) is 0 Å². The number of para-hydroxylation sites is 1. The largest absolute Gasteiger partial charge is 0.459 e. The minimum absolute atomic E-state index is 0.131. The van der Waals surface area contributed by atoms with E-state index in [9.17, 15) is 9.59 Å². The molecule has 1 aliphatic rings. The maximum atomic E-state index is 11.4. The first kappa shape index (κ1) is 11.1. The molecule has 1 aliphatic heterocycles. The van der Waals surface area contributed by atoms with Crippen LogP contribution in [0.4, 0.5) is 10.5 Å². The van der Waals surface area contributed by atoms with Gasteiger partial charge in [0.2, 0.25) is 0 Å². The van der Waals surface area contributed by atoms with Crippen molar-refractivity contribution >= 4 is 23.4 Å². The number of carbonyl (C=O) groups excluding carboxylic acids is 2. The van der Waals surface area contributed by atoms with Crippen LogP contribution in [0.15, 0.2) is 35.4 Å². The van der Waals surface area contributed by atoms with Gasteiger partial charge in [-0.1, -0.05) is 18.2 Å². The number of nitrogens with one attached hydrogen (secondary N) is 2. The minimum atomic E-state index is -0.456. The number of hydrazone groups is 1. The SMILES string of the molecule is O=C(NN=C1COC(=O)C1)Nc1ccccc1. The van der Waals surface area contributed by atoms with Crippen molar-refractivity contribution in [2.24, 2.45) is 5.10 Å². The van der Waals surface area contributed by atoms with E-state index in [0.29, 0.717) is 11.4 Å². The lowest BCUT2D eigenvalue weighted by atomic mass is 10.3. The summed E-state index contributed by atoms with van der Waals surface area (Å²) in [5, 5.41) is 6.37. The van der Waals surface area contributed by atoms with Gasteiger partial charge in [-0.05, 0) is 12.1 Å². The third-order valence-corrected chi connectivity index (χ3v) is 2.10. The van der Waals surface area contributed by atoms with Gasteiger partial charge in [0.15, 0.2) is 0 Å². The molecule has 1 saturated heterocycles. The fourth-order valence-electron chi connectivity index (χ4n) is 1.31. The van der Waals surface area contributed by atoms with Gasteiger partial charge in [0.1, 0.15) is 6.61 Å². The summed E-state index contributed by atoms with van der Waals surface area (Å²) < 4.78 is 4.67. The number of carbonyl (C=O) groups is 2. The average molecular weight is 233 g/mol. The number of rotatable bonds is 2. The standard InChI is InChI=1S/C11H11N3O3/c15-10-6-9(7-17-10)13-14-11(16)12-8-4-2-1-3-5-8/h1-5H,6-7H2,(H2,12,14,16). The maximum absolute atomic E-state index is 11.4. The summed E-state index contributed by atoms with van der Waals surface area (Å²) in [6, 6.07) is 8.54. The van der Waals surface area contributed by atoms with E-state index in [2.05, 4.69) is 20.6 Å². The summed E-state index contributed by atoms with van der Waals surface area (Å²) in [6.07, 6.45) is 0.131. The minimum Gasteiger partial charge on any atom is -0.459 e. The molecule has 0 spiro atoms. The van der Waals surface area contributed by atoms with Gasteiger partial charge in [0.05, 0.1) is 12.1 Å². The van der Waals surface area contributed by atoms with Crippen molar-refractivity contribution in [3.8, 4) is 0 Å². The predicted octanol–water partition coefficient (Wildman–Crippen LogP) is 1.11. The van der Waals surface area contributed by atoms with Crippen molar-refractivity contribution in [1.29, 1.82) is 0 Å². The summed E-state index contributed by atoms with van der Waals surface area (Å²) in [5.41, 5.74) is 3.48. The van der Waals surface area contributed by atoms with E-state index in [1.54, 1.807) is 12.1 Å². The Kier molecular flexibility index (Phi) is 3.34. The number of benzene rings is 1. The molecule has 6 heteroatoms. The molecule has 0 bridgehead atoms. The zero-order chi connectivity index (χ0) is 12.1. The topological polar surface area (TPSA) is 79.8 Å². The highest BCUT2D eigenvalue weighted by Gasteiger charge is 2.18. The predicted molar refractivity (Wildman–Crippen MR) is 61.6 cm³/mol. The van der Waals surface area contributed by atoms with E-state index in [-0.39, 0.29) is 19.0 Å². The molecule has 0 aliphatic carbocycles. The number of hydrogen-bond donors (Lipinski definition) is 2. The highest BCUT2D eigenvalue weighted by atomic mass is 16.5. The van der Waals surface area contributed by atoms with Gasteiger partial charge in [0.25, 0.3) is 0 Å². The Labute approximate surface area is 97.7 Å². The number of anilines is 1. The molecule has 2 N–H and O–H groups in total. The lowest BCUT2D eigenvalue weighted by molar-refractivity contribution is -0.137. The molecule has 0 atom stereocenters. The van der Waals surface area contributed by atoms with Gasteiger partial charge in [-0.15, -0.1) is 0 Å². The monoisotopic (exact) mass is 233 g/mol. The van der Waals surface area contributed by atoms with Crippen LogP contribution in [0.1, 0.15) is 6.42 Å². The Balaban J connectivity index is 1.84. The van der Waals surface area contributed by atoms with Gasteiger partial charge in [-0.25, -0.2) is 10.2 Å². The molecule has 1 heterocycles. The van der Waals surface area contributed by atoms with Crippen molar-refractivity contribution in [2.75, 3.05) is 11.9 Å². The van der Waals surface area contributed by atoms with Crippen LogP contribution in [0, 0.1) is 0 Å². The molecule has 0 aromatic heterocycles. The number of ether oxygens (including phenoxy) is 1. The quantitative estimate of drug-likeness (QED) is 0.593. The van der Waals surface area contributed by atoms with E-state index in [1.165, 1.54) is 0 Å². The molecule has 2 amide bonds. The Morgan fingerprint density at radius 2 is 2.06 bits per heavy atom. The number of amides is 2. The van der Waals surface area contributed by atoms with E-state index in [4.69, 9.17) is 0 Å². The van der Waals surface area contributed by atoms with Crippen molar-refractivity contribution in [1.82, 2.24) is 5.43 Å². The summed E-state index contributed by atoms with van der Waals surface area (Å²) in [6.45, 7) is 0.143. The first-order chi connectivity index (χ1) is 8.24. The summed E-state index contributed by atoms with van der Waals surface area (Å²) in [4.78, 5) is 22.2. The second-order valence-corrected chi connectivity index (χ2v) is 3.45. The molecule has 17 heavy (non-hydrogen) atoms. The second-order valence-electron chi connectivity index (χ2n) is 3.45. The van der Waals surface area contributed by atoms with Crippen LogP contribution in [0.2, 0.25) is 0 Å². The third kappa shape index (κ3) is 3.30. The Morgan fingerprint density at radius 3 is 2.71 bits per heavy atom. The molecule has 0 saturated carbocycles. The Hall–Kier alpha value is -2.37. The number of esters is 1. The maximum Gasteiger partial charge on any atom is 0.339 e. The van der Waals surface area contributed by atoms with Crippen LogP contribution in [-0.2, 0) is 9.53 Å². The van der Waals surface area contributed by atoms with Gasteiger partial charge in [0, 0.05) is 5.69 Å². The van der Waals surface area contributed by atoms with Crippen LogP contribution in [0.3, 0.4) is 0 Å². The van der Waals surface area contributed by atoms with Crippen LogP contribution < -0.4 is 10.7 Å². The summed E-state index contributed by atoms with van der Waals surface area (Å²) in [5.74, 6) is -0.325. The van der Waals surface area contributed by atoms with Crippen molar-refractivity contribution in [3.05, 3.63) is 30.3 Å². The van der Waals surface area contributed by atoms with Crippen molar-refractivity contribution in [2.45, 2.75) is 6.42 Å². The molecule has 2 rings (SSSR count). The normalized spacial score (nSPS) is 16.7.